The van der Waals surface area contributed by atoms with E-state index in [0.29, 0.717) is 16.9 Å². The third-order valence-electron chi connectivity index (χ3n) is 4.26. The summed E-state index contributed by atoms with van der Waals surface area (Å²) in [5.74, 6) is -0.528. The van der Waals surface area contributed by atoms with E-state index in [1.54, 1.807) is 49.0 Å². The first-order valence-electron chi connectivity index (χ1n) is 8.32. The van der Waals surface area contributed by atoms with Gasteiger partial charge in [0.25, 0.3) is 5.56 Å². The second-order valence-electron chi connectivity index (χ2n) is 5.96. The molecule has 0 aliphatic heterocycles. The lowest BCUT2D eigenvalue weighted by molar-refractivity contribution is 0.106. The van der Waals surface area contributed by atoms with Gasteiger partial charge in [0.05, 0.1) is 11.4 Å². The Kier molecular flexibility index (Phi) is 5.57. The van der Waals surface area contributed by atoms with Crippen molar-refractivity contribution in [1.29, 1.82) is 5.26 Å². The molecular weight excluding hydrogens is 422 g/mol. The normalized spacial score (nSPS) is 11.1. The third kappa shape index (κ3) is 3.66. The Labute approximate surface area is 169 Å². The van der Waals surface area contributed by atoms with E-state index in [9.17, 15) is 14.9 Å². The number of nitriles is 1. The van der Waals surface area contributed by atoms with Gasteiger partial charge in [-0.3, -0.25) is 19.7 Å². The number of halogens is 1. The van der Waals surface area contributed by atoms with Gasteiger partial charge in [-0.2, -0.15) is 10.4 Å². The fourth-order valence-corrected chi connectivity index (χ4v) is 2.94. The van der Waals surface area contributed by atoms with Gasteiger partial charge in [-0.25, -0.2) is 4.68 Å². The van der Waals surface area contributed by atoms with Crippen molar-refractivity contribution < 1.29 is 4.79 Å². The highest BCUT2D eigenvalue weighted by atomic mass is 79.9. The predicted octanol–water partition coefficient (Wildman–Crippen LogP) is 3.42. The van der Waals surface area contributed by atoms with Gasteiger partial charge in [-0.1, -0.05) is 34.1 Å². The molecule has 28 heavy (non-hydrogen) atoms. The van der Waals surface area contributed by atoms with Crippen LogP contribution in [0.15, 0.2) is 69.0 Å². The summed E-state index contributed by atoms with van der Waals surface area (Å²) in [6, 6.07) is 17.5. The molecule has 3 aromatic rings. The van der Waals surface area contributed by atoms with Gasteiger partial charge < -0.3 is 0 Å². The maximum atomic E-state index is 12.8. The lowest BCUT2D eigenvalue weighted by Gasteiger charge is -2.07. The first kappa shape index (κ1) is 19.3. The number of Topliss-reactive ketones (excluding diaryl/α,β-unsaturated/α-hetero) is 1. The summed E-state index contributed by atoms with van der Waals surface area (Å²) >= 11 is 3.30. The van der Waals surface area contributed by atoms with Gasteiger partial charge in [0.2, 0.25) is 11.5 Å². The number of hydrogen-bond acceptors (Lipinski definition) is 5. The summed E-state index contributed by atoms with van der Waals surface area (Å²) in [6.45, 7) is 1.75. The average Bonchev–Trinajstić information content (AvgIpc) is 2.92. The summed E-state index contributed by atoms with van der Waals surface area (Å²) in [5, 5.41) is 13.2. The maximum Gasteiger partial charge on any atom is 0.296 e. The van der Waals surface area contributed by atoms with E-state index in [1.165, 1.54) is 4.68 Å². The van der Waals surface area contributed by atoms with Crippen LogP contribution in [0.25, 0.3) is 5.69 Å². The molecule has 140 valence electrons. The number of carbonyl (C=O) groups is 1. The molecule has 0 saturated carbocycles. The quantitative estimate of drug-likeness (QED) is 0.376. The number of hydrogen-bond donors (Lipinski definition) is 1. The number of ketones is 1. The summed E-state index contributed by atoms with van der Waals surface area (Å²) in [7, 11) is 1.75. The van der Waals surface area contributed by atoms with Crippen LogP contribution in [0.4, 0.5) is 5.69 Å². The van der Waals surface area contributed by atoms with Gasteiger partial charge in [0.1, 0.15) is 11.8 Å². The fourth-order valence-electron chi connectivity index (χ4n) is 2.67. The largest absolute Gasteiger partial charge is 0.296 e. The number of aromatic nitrogens is 2. The third-order valence-corrected chi connectivity index (χ3v) is 4.79. The van der Waals surface area contributed by atoms with Crippen molar-refractivity contribution in [3.63, 3.8) is 0 Å². The van der Waals surface area contributed by atoms with E-state index in [4.69, 9.17) is 0 Å². The molecular formula is C20H16BrN5O2. The molecule has 0 aliphatic rings. The van der Waals surface area contributed by atoms with E-state index in [-0.39, 0.29) is 17.0 Å². The molecule has 2 aromatic carbocycles. The number of benzene rings is 2. The minimum atomic E-state index is -0.528. The monoisotopic (exact) mass is 437 g/mol. The van der Waals surface area contributed by atoms with E-state index in [0.717, 1.165) is 4.47 Å². The molecule has 0 unspecified atom stereocenters. The van der Waals surface area contributed by atoms with Crippen LogP contribution in [-0.2, 0) is 7.05 Å². The summed E-state index contributed by atoms with van der Waals surface area (Å²) in [6.07, 6.45) is 0. The molecule has 0 saturated heterocycles. The molecule has 0 fully saturated rings. The molecule has 1 aromatic heterocycles. The van der Waals surface area contributed by atoms with Gasteiger partial charge in [0, 0.05) is 17.1 Å². The van der Waals surface area contributed by atoms with Crippen LogP contribution in [-0.4, -0.2) is 20.9 Å². The number of rotatable bonds is 5. The van der Waals surface area contributed by atoms with E-state index in [1.807, 2.05) is 30.3 Å². The minimum absolute atomic E-state index is 0.197. The topological polar surface area (TPSA) is 92.2 Å². The Morgan fingerprint density at radius 1 is 1.14 bits per heavy atom. The highest BCUT2D eigenvalue weighted by molar-refractivity contribution is 9.10. The highest BCUT2D eigenvalue weighted by Gasteiger charge is 2.18. The molecule has 0 radical (unpaired) electrons. The Morgan fingerprint density at radius 2 is 1.79 bits per heavy atom. The standard InChI is InChI=1S/C20H16BrN5O2/c1-13-18(20(28)26(25(13)2)16-6-4-3-5-7-16)24-23-17(12-22)19(27)14-8-10-15(21)11-9-14/h3-11,24H,1-2H3/b23-17+. The molecule has 0 amide bonds. The molecule has 3 rings (SSSR count). The molecule has 1 heterocycles. The Morgan fingerprint density at radius 3 is 2.39 bits per heavy atom. The van der Waals surface area contributed by atoms with E-state index >= 15 is 0 Å². The maximum absolute atomic E-state index is 12.8. The van der Waals surface area contributed by atoms with Crippen molar-refractivity contribution in [2.45, 2.75) is 6.92 Å². The predicted molar refractivity (Wildman–Crippen MR) is 111 cm³/mol. The van der Waals surface area contributed by atoms with Crippen LogP contribution in [0.5, 0.6) is 0 Å². The van der Waals surface area contributed by atoms with Crippen molar-refractivity contribution in [3.8, 4) is 11.8 Å². The Hall–Kier alpha value is -3.44. The molecule has 0 spiro atoms. The van der Waals surface area contributed by atoms with Crippen LogP contribution >= 0.6 is 15.9 Å². The first-order chi connectivity index (χ1) is 13.4. The molecule has 0 bridgehead atoms. The fraction of sp³-hybridized carbons (Fsp3) is 0.100. The number of hydrazone groups is 1. The summed E-state index contributed by atoms with van der Waals surface area (Å²) in [4.78, 5) is 25.3. The Bertz CT molecular complexity index is 1150. The highest BCUT2D eigenvalue weighted by Crippen LogP contribution is 2.15. The second kappa shape index (κ2) is 8.06. The first-order valence-corrected chi connectivity index (χ1v) is 9.11. The second-order valence-corrected chi connectivity index (χ2v) is 6.87. The zero-order valence-corrected chi connectivity index (χ0v) is 16.8. The van der Waals surface area contributed by atoms with Crippen molar-refractivity contribution in [2.75, 3.05) is 5.43 Å². The average molecular weight is 438 g/mol. The van der Waals surface area contributed by atoms with Gasteiger partial charge in [-0.05, 0) is 43.3 Å². The number of para-hydroxylation sites is 1. The van der Waals surface area contributed by atoms with Crippen molar-refractivity contribution in [1.82, 2.24) is 9.36 Å². The van der Waals surface area contributed by atoms with Gasteiger partial charge >= 0.3 is 0 Å². The SMILES string of the molecule is Cc1c(N/N=C(\C#N)C(=O)c2ccc(Br)cc2)c(=O)n(-c2ccccc2)n1C. The Balaban J connectivity index is 1.95. The number of nitrogens with zero attached hydrogens (tertiary/aromatic N) is 4. The smallest absolute Gasteiger partial charge is 0.286 e. The summed E-state index contributed by atoms with van der Waals surface area (Å²) in [5.41, 5.74) is 3.78. The van der Waals surface area contributed by atoms with E-state index in [2.05, 4.69) is 26.5 Å². The van der Waals surface area contributed by atoms with Crippen molar-refractivity contribution >= 4 is 33.1 Å². The summed E-state index contributed by atoms with van der Waals surface area (Å²) < 4.78 is 3.98. The van der Waals surface area contributed by atoms with Crippen molar-refractivity contribution in [3.05, 3.63) is 80.7 Å². The lowest BCUT2D eigenvalue weighted by atomic mass is 10.1. The van der Waals surface area contributed by atoms with Crippen LogP contribution in [0, 0.1) is 18.3 Å². The zero-order valence-electron chi connectivity index (χ0n) is 15.2. The molecule has 0 aliphatic carbocycles. The minimum Gasteiger partial charge on any atom is -0.286 e. The van der Waals surface area contributed by atoms with Gasteiger partial charge in [-0.15, -0.1) is 0 Å². The van der Waals surface area contributed by atoms with Gasteiger partial charge in [0.15, 0.2) is 0 Å². The molecule has 0 atom stereocenters. The molecule has 8 heteroatoms. The number of anilines is 1. The van der Waals surface area contributed by atoms with Crippen LogP contribution < -0.4 is 11.0 Å². The number of nitrogens with one attached hydrogen (secondary N) is 1. The van der Waals surface area contributed by atoms with Crippen LogP contribution in [0.1, 0.15) is 16.1 Å². The molecule has 1 N–H and O–H groups in total. The van der Waals surface area contributed by atoms with E-state index < -0.39 is 5.78 Å². The number of carbonyl (C=O) groups excluding carboxylic acids is 1. The molecule has 7 nitrogen and oxygen atoms in total. The van der Waals surface area contributed by atoms with Crippen molar-refractivity contribution in [2.24, 2.45) is 12.1 Å². The van der Waals surface area contributed by atoms with Crippen LogP contribution in [0.2, 0.25) is 0 Å². The lowest BCUT2D eigenvalue weighted by Crippen LogP contribution is -2.21. The van der Waals surface area contributed by atoms with Crippen LogP contribution in [0.3, 0.4) is 0 Å². The zero-order chi connectivity index (χ0) is 20.3.